The molecule has 1 heterocycles. The lowest BCUT2D eigenvalue weighted by atomic mass is 10.1. The molecule has 0 radical (unpaired) electrons. The molecule has 1 aromatic heterocycles. The van der Waals surface area contributed by atoms with Gasteiger partial charge in [0, 0.05) is 24.0 Å². The molecule has 0 saturated heterocycles. The van der Waals surface area contributed by atoms with E-state index in [0.29, 0.717) is 5.88 Å². The van der Waals surface area contributed by atoms with Crippen LogP contribution >= 0.6 is 11.6 Å². The second-order valence-corrected chi connectivity index (χ2v) is 6.86. The average Bonchev–Trinajstić information content (AvgIpc) is 3.41. The molecule has 4 rings (SSSR count). The number of pyridine rings is 1. The first kappa shape index (κ1) is 13.4. The van der Waals surface area contributed by atoms with Crippen LogP contribution in [0.3, 0.4) is 0 Å². The topological polar surface area (TPSA) is 16.1 Å². The molecule has 21 heavy (non-hydrogen) atoms. The average molecular weight is 301 g/mol. The summed E-state index contributed by atoms with van der Waals surface area (Å²) in [6.07, 6.45) is 5.52. The Morgan fingerprint density at radius 2 is 1.71 bits per heavy atom. The van der Waals surface area contributed by atoms with Crippen LogP contribution in [0, 0.1) is 11.8 Å². The normalized spacial score (nSPS) is 18.1. The number of hydrogen-bond donors (Lipinski definition) is 0. The van der Waals surface area contributed by atoms with Crippen molar-refractivity contribution in [1.82, 2.24) is 4.98 Å². The minimum absolute atomic E-state index is 0.541. The predicted molar refractivity (Wildman–Crippen MR) is 89.0 cm³/mol. The number of aromatic nitrogens is 1. The Kier molecular flexibility index (Phi) is 3.50. The Morgan fingerprint density at radius 1 is 1.05 bits per heavy atom. The summed E-state index contributed by atoms with van der Waals surface area (Å²) in [5.41, 5.74) is 2.26. The van der Waals surface area contributed by atoms with Crippen molar-refractivity contribution < 1.29 is 0 Å². The van der Waals surface area contributed by atoms with E-state index in [1.807, 2.05) is 0 Å². The van der Waals surface area contributed by atoms with Crippen molar-refractivity contribution in [3.05, 3.63) is 35.9 Å². The van der Waals surface area contributed by atoms with Crippen molar-refractivity contribution in [2.45, 2.75) is 31.6 Å². The molecule has 0 atom stereocenters. The molecule has 0 aliphatic heterocycles. The van der Waals surface area contributed by atoms with Gasteiger partial charge >= 0.3 is 0 Å². The Hall–Kier alpha value is -1.28. The number of benzene rings is 1. The molecule has 1 aromatic carbocycles. The molecule has 0 bridgehead atoms. The van der Waals surface area contributed by atoms with Crippen LogP contribution in [0.2, 0.25) is 0 Å². The second-order valence-electron chi connectivity index (χ2n) is 6.59. The second kappa shape index (κ2) is 5.49. The predicted octanol–water partition coefficient (Wildman–Crippen LogP) is 4.60. The summed E-state index contributed by atoms with van der Waals surface area (Å²) in [6.45, 7) is 2.32. The van der Waals surface area contributed by atoms with Gasteiger partial charge in [0.2, 0.25) is 0 Å². The van der Waals surface area contributed by atoms with Crippen LogP contribution in [-0.2, 0) is 5.88 Å². The van der Waals surface area contributed by atoms with E-state index in [1.165, 1.54) is 36.6 Å². The van der Waals surface area contributed by atoms with Gasteiger partial charge in [-0.2, -0.15) is 0 Å². The van der Waals surface area contributed by atoms with Crippen molar-refractivity contribution in [3.8, 4) is 0 Å². The standard InChI is InChI=1S/C18H21ClN2/c19-10-16-9-15-3-1-2-4-17(15)20-18(16)21(11-13-5-6-13)12-14-7-8-14/h1-4,9,13-14H,5-8,10-12H2. The summed E-state index contributed by atoms with van der Waals surface area (Å²) >= 11 is 6.21. The molecule has 2 aliphatic rings. The van der Waals surface area contributed by atoms with Crippen LogP contribution in [0.5, 0.6) is 0 Å². The summed E-state index contributed by atoms with van der Waals surface area (Å²) < 4.78 is 0. The third-order valence-electron chi connectivity index (χ3n) is 4.57. The van der Waals surface area contributed by atoms with E-state index in [0.717, 1.165) is 36.3 Å². The first-order valence-corrected chi connectivity index (χ1v) is 8.56. The molecular weight excluding hydrogens is 280 g/mol. The van der Waals surface area contributed by atoms with Crippen LogP contribution in [0.1, 0.15) is 31.2 Å². The van der Waals surface area contributed by atoms with Crippen molar-refractivity contribution in [2.24, 2.45) is 11.8 Å². The highest BCUT2D eigenvalue weighted by atomic mass is 35.5. The highest BCUT2D eigenvalue weighted by Gasteiger charge is 2.30. The maximum atomic E-state index is 6.21. The van der Waals surface area contributed by atoms with Crippen LogP contribution in [0.4, 0.5) is 5.82 Å². The van der Waals surface area contributed by atoms with E-state index in [9.17, 15) is 0 Å². The van der Waals surface area contributed by atoms with Gasteiger partial charge in [0.1, 0.15) is 5.82 Å². The van der Waals surface area contributed by atoms with Crippen molar-refractivity contribution in [3.63, 3.8) is 0 Å². The number of fused-ring (bicyclic) bond motifs is 1. The molecule has 0 unspecified atom stereocenters. The van der Waals surface area contributed by atoms with Crippen LogP contribution in [0.25, 0.3) is 10.9 Å². The smallest absolute Gasteiger partial charge is 0.133 e. The minimum Gasteiger partial charge on any atom is -0.356 e. The van der Waals surface area contributed by atoms with Crippen LogP contribution < -0.4 is 4.90 Å². The summed E-state index contributed by atoms with van der Waals surface area (Å²) in [6, 6.07) is 10.6. The molecule has 3 heteroatoms. The molecule has 2 saturated carbocycles. The molecule has 0 spiro atoms. The molecule has 2 aromatic rings. The molecule has 110 valence electrons. The number of halogens is 1. The quantitative estimate of drug-likeness (QED) is 0.725. The molecule has 2 aliphatic carbocycles. The number of hydrogen-bond acceptors (Lipinski definition) is 2. The Balaban J connectivity index is 1.72. The SMILES string of the molecule is ClCc1cc2ccccc2nc1N(CC1CC1)CC1CC1. The number of para-hydroxylation sites is 1. The molecule has 2 fully saturated rings. The van der Waals surface area contributed by atoms with E-state index in [4.69, 9.17) is 16.6 Å². The fourth-order valence-corrected chi connectivity index (χ4v) is 3.19. The Bertz CT molecular complexity index is 633. The largest absolute Gasteiger partial charge is 0.356 e. The van der Waals surface area contributed by atoms with E-state index < -0.39 is 0 Å². The van der Waals surface area contributed by atoms with Gasteiger partial charge in [-0.3, -0.25) is 0 Å². The Morgan fingerprint density at radius 3 is 2.33 bits per heavy atom. The summed E-state index contributed by atoms with van der Waals surface area (Å²) in [7, 11) is 0. The van der Waals surface area contributed by atoms with Crippen molar-refractivity contribution in [2.75, 3.05) is 18.0 Å². The van der Waals surface area contributed by atoms with Crippen molar-refractivity contribution in [1.29, 1.82) is 0 Å². The van der Waals surface area contributed by atoms with E-state index in [1.54, 1.807) is 0 Å². The number of rotatable bonds is 6. The van der Waals surface area contributed by atoms with Gasteiger partial charge in [0.15, 0.2) is 0 Å². The zero-order valence-electron chi connectivity index (χ0n) is 12.3. The van der Waals surface area contributed by atoms with E-state index >= 15 is 0 Å². The van der Waals surface area contributed by atoms with E-state index in [2.05, 4.69) is 35.2 Å². The zero-order chi connectivity index (χ0) is 14.2. The molecule has 0 amide bonds. The van der Waals surface area contributed by atoms with Gasteiger partial charge in [-0.25, -0.2) is 4.98 Å². The van der Waals surface area contributed by atoms with Gasteiger partial charge in [0.05, 0.1) is 11.4 Å². The highest BCUT2D eigenvalue weighted by molar-refractivity contribution is 6.17. The first-order chi connectivity index (χ1) is 10.3. The lowest BCUT2D eigenvalue weighted by molar-refractivity contribution is 0.670. The fraction of sp³-hybridized carbons (Fsp3) is 0.500. The third kappa shape index (κ3) is 3.01. The fourth-order valence-electron chi connectivity index (χ4n) is 2.99. The number of alkyl halides is 1. The lowest BCUT2D eigenvalue weighted by Crippen LogP contribution is -2.29. The summed E-state index contributed by atoms with van der Waals surface area (Å²) in [5, 5.41) is 1.19. The number of anilines is 1. The molecule has 2 nitrogen and oxygen atoms in total. The number of nitrogens with zero attached hydrogens (tertiary/aromatic N) is 2. The van der Waals surface area contributed by atoms with Gasteiger partial charge in [0.25, 0.3) is 0 Å². The molecular formula is C18H21ClN2. The maximum Gasteiger partial charge on any atom is 0.133 e. The van der Waals surface area contributed by atoms with Crippen LogP contribution in [-0.4, -0.2) is 18.1 Å². The lowest BCUT2D eigenvalue weighted by Gasteiger charge is -2.26. The maximum absolute atomic E-state index is 6.21. The van der Waals surface area contributed by atoms with Gasteiger partial charge in [-0.1, -0.05) is 18.2 Å². The molecule has 0 N–H and O–H groups in total. The van der Waals surface area contributed by atoms with Crippen LogP contribution in [0.15, 0.2) is 30.3 Å². The van der Waals surface area contributed by atoms with Crippen molar-refractivity contribution >= 4 is 28.3 Å². The van der Waals surface area contributed by atoms with E-state index in [-0.39, 0.29) is 0 Å². The zero-order valence-corrected chi connectivity index (χ0v) is 13.0. The summed E-state index contributed by atoms with van der Waals surface area (Å²) in [5.74, 6) is 3.42. The highest BCUT2D eigenvalue weighted by Crippen LogP contribution is 2.37. The minimum atomic E-state index is 0.541. The van der Waals surface area contributed by atoms with Gasteiger partial charge < -0.3 is 4.90 Å². The summed E-state index contributed by atoms with van der Waals surface area (Å²) in [4.78, 5) is 7.46. The van der Waals surface area contributed by atoms with Gasteiger partial charge in [-0.05, 0) is 49.7 Å². The third-order valence-corrected chi connectivity index (χ3v) is 4.86. The Labute approximate surface area is 131 Å². The monoisotopic (exact) mass is 300 g/mol. The van der Waals surface area contributed by atoms with Gasteiger partial charge in [-0.15, -0.1) is 11.6 Å². The first-order valence-electron chi connectivity index (χ1n) is 8.03.